The first-order chi connectivity index (χ1) is 12.7. The summed E-state index contributed by atoms with van der Waals surface area (Å²) in [5.41, 5.74) is 5.68. The van der Waals surface area contributed by atoms with Gasteiger partial charge in [-0.25, -0.2) is 9.78 Å². The molecule has 0 aliphatic heterocycles. The minimum Gasteiger partial charge on any atom is -0.384 e. The Labute approximate surface area is 156 Å². The average Bonchev–Trinajstić information content (AvgIpc) is 3.03. The highest BCUT2D eigenvalue weighted by atomic mass is 32.3. The van der Waals surface area contributed by atoms with Gasteiger partial charge >= 0.3 is 16.2 Å². The van der Waals surface area contributed by atoms with Gasteiger partial charge in [-0.3, -0.25) is 14.3 Å². The summed E-state index contributed by atoms with van der Waals surface area (Å²) in [4.78, 5) is 30.5. The van der Waals surface area contributed by atoms with E-state index in [0.29, 0.717) is 16.3 Å². The number of aromatic nitrogens is 3. The van der Waals surface area contributed by atoms with Crippen LogP contribution in [0.5, 0.6) is 5.75 Å². The maximum Gasteiger partial charge on any atom is 0.488 e. The summed E-state index contributed by atoms with van der Waals surface area (Å²) in [6.45, 7) is 2.00. The summed E-state index contributed by atoms with van der Waals surface area (Å²) in [6, 6.07) is 5.52. The van der Waals surface area contributed by atoms with E-state index in [1.54, 1.807) is 12.3 Å². The summed E-state index contributed by atoms with van der Waals surface area (Å²) >= 11 is 1.21. The van der Waals surface area contributed by atoms with Gasteiger partial charge in [0.25, 0.3) is 5.56 Å². The molecule has 0 bridgehead atoms. The van der Waals surface area contributed by atoms with Crippen LogP contribution in [0.15, 0.2) is 39.2 Å². The van der Waals surface area contributed by atoms with E-state index >= 15 is 0 Å². The first-order valence-electron chi connectivity index (χ1n) is 7.52. The molecule has 0 fully saturated rings. The van der Waals surface area contributed by atoms with Crippen molar-refractivity contribution in [1.82, 2.24) is 14.5 Å². The normalized spacial score (nSPS) is 11.5. The SMILES string of the molecule is CCn1c(N)c(-c2csc(-c3ccc(OS(=O)(=O)F)cc3)n2)c(=O)[nH]c1=O. The Morgan fingerprint density at radius 2 is 1.96 bits per heavy atom. The molecular weight excluding hydrogens is 399 g/mol. The molecule has 12 heteroatoms. The van der Waals surface area contributed by atoms with Crippen molar-refractivity contribution in [3.05, 3.63) is 50.5 Å². The lowest BCUT2D eigenvalue weighted by atomic mass is 10.2. The lowest BCUT2D eigenvalue weighted by Crippen LogP contribution is -2.32. The summed E-state index contributed by atoms with van der Waals surface area (Å²) < 4.78 is 38.9. The molecule has 2 aromatic heterocycles. The van der Waals surface area contributed by atoms with E-state index in [0.717, 1.165) is 0 Å². The maximum atomic E-state index is 12.5. The van der Waals surface area contributed by atoms with Crippen LogP contribution >= 0.6 is 11.3 Å². The largest absolute Gasteiger partial charge is 0.488 e. The smallest absolute Gasteiger partial charge is 0.384 e. The molecule has 0 atom stereocenters. The topological polar surface area (TPSA) is 137 Å². The van der Waals surface area contributed by atoms with Gasteiger partial charge in [-0.15, -0.1) is 11.3 Å². The van der Waals surface area contributed by atoms with E-state index in [1.165, 1.54) is 40.2 Å². The van der Waals surface area contributed by atoms with Gasteiger partial charge in [0, 0.05) is 17.5 Å². The van der Waals surface area contributed by atoms with E-state index in [-0.39, 0.29) is 23.7 Å². The second kappa shape index (κ2) is 6.96. The number of nitrogen functional groups attached to an aromatic ring is 1. The van der Waals surface area contributed by atoms with Gasteiger partial charge in [-0.2, -0.15) is 8.42 Å². The predicted octanol–water partition coefficient (Wildman–Crippen LogP) is 1.52. The van der Waals surface area contributed by atoms with Crippen LogP contribution in [0.2, 0.25) is 0 Å². The third-order valence-corrected chi connectivity index (χ3v) is 4.90. The van der Waals surface area contributed by atoms with E-state index in [9.17, 15) is 21.9 Å². The van der Waals surface area contributed by atoms with Crippen molar-refractivity contribution in [2.24, 2.45) is 0 Å². The van der Waals surface area contributed by atoms with Crippen LogP contribution in [-0.4, -0.2) is 23.0 Å². The third-order valence-electron chi connectivity index (χ3n) is 3.61. The molecule has 0 saturated carbocycles. The summed E-state index contributed by atoms with van der Waals surface area (Å²) in [5.74, 6) is -0.172. The van der Waals surface area contributed by atoms with Crippen molar-refractivity contribution < 1.29 is 16.5 Å². The number of halogens is 1. The van der Waals surface area contributed by atoms with Gasteiger partial charge in [0.05, 0.1) is 5.69 Å². The molecule has 3 rings (SSSR count). The number of hydrogen-bond donors (Lipinski definition) is 2. The Morgan fingerprint density at radius 1 is 1.30 bits per heavy atom. The molecule has 27 heavy (non-hydrogen) atoms. The van der Waals surface area contributed by atoms with Crippen molar-refractivity contribution in [3.63, 3.8) is 0 Å². The number of H-pyrrole nitrogens is 1. The summed E-state index contributed by atoms with van der Waals surface area (Å²) in [6.07, 6.45) is 0. The number of nitrogens with zero attached hydrogens (tertiary/aromatic N) is 2. The molecule has 0 unspecified atom stereocenters. The van der Waals surface area contributed by atoms with Crippen LogP contribution in [0.25, 0.3) is 21.8 Å². The number of thiazole rings is 1. The van der Waals surface area contributed by atoms with Crippen LogP contribution in [-0.2, 0) is 17.0 Å². The fraction of sp³-hybridized carbons (Fsp3) is 0.133. The van der Waals surface area contributed by atoms with Crippen LogP contribution in [0.1, 0.15) is 6.92 Å². The van der Waals surface area contributed by atoms with E-state index in [1.807, 2.05) is 0 Å². The molecule has 9 nitrogen and oxygen atoms in total. The molecule has 0 amide bonds. The zero-order valence-corrected chi connectivity index (χ0v) is 15.4. The number of anilines is 1. The van der Waals surface area contributed by atoms with Crippen molar-refractivity contribution in [3.8, 4) is 27.6 Å². The van der Waals surface area contributed by atoms with Crippen LogP contribution in [0.3, 0.4) is 0 Å². The van der Waals surface area contributed by atoms with Gasteiger partial charge in [0.1, 0.15) is 22.1 Å². The number of nitrogens with two attached hydrogens (primary N) is 1. The van der Waals surface area contributed by atoms with Crippen molar-refractivity contribution in [2.45, 2.75) is 13.5 Å². The summed E-state index contributed by atoms with van der Waals surface area (Å²) in [5, 5.41) is 2.12. The van der Waals surface area contributed by atoms with E-state index in [4.69, 9.17) is 5.73 Å². The number of hydrogen-bond acceptors (Lipinski definition) is 8. The van der Waals surface area contributed by atoms with Crippen LogP contribution < -0.4 is 21.2 Å². The minimum absolute atomic E-state index is 0.0139. The monoisotopic (exact) mass is 412 g/mol. The number of nitrogens with one attached hydrogen (secondary N) is 1. The quantitative estimate of drug-likeness (QED) is 0.606. The molecule has 0 saturated heterocycles. The molecule has 2 heterocycles. The van der Waals surface area contributed by atoms with E-state index < -0.39 is 21.8 Å². The number of rotatable bonds is 5. The standard InChI is InChI=1S/C15H13FN4O5S2/c1-2-20-12(17)11(13(21)19-15(20)22)10-7-26-14(18-10)8-3-5-9(6-4-8)25-27(16,23)24/h3-7H,2,17H2,1H3,(H,19,21,22). The Bertz CT molecular complexity index is 1210. The number of benzene rings is 1. The molecule has 0 aliphatic rings. The number of aromatic amines is 1. The lowest BCUT2D eigenvalue weighted by molar-refractivity contribution is 0.440. The van der Waals surface area contributed by atoms with Crippen LogP contribution in [0, 0.1) is 0 Å². The molecule has 0 aliphatic carbocycles. The van der Waals surface area contributed by atoms with Gasteiger partial charge in [-0.1, -0.05) is 3.89 Å². The Balaban J connectivity index is 1.99. The molecule has 0 radical (unpaired) electrons. The second-order valence-corrected chi connectivity index (χ2v) is 7.11. The molecule has 3 aromatic rings. The maximum absolute atomic E-state index is 12.5. The van der Waals surface area contributed by atoms with Crippen LogP contribution in [0.4, 0.5) is 9.70 Å². The molecular formula is C15H13FN4O5S2. The molecule has 0 spiro atoms. The van der Waals surface area contributed by atoms with Gasteiger partial charge in [0.2, 0.25) is 0 Å². The first-order valence-corrected chi connectivity index (χ1v) is 9.71. The van der Waals surface area contributed by atoms with Crippen molar-refractivity contribution in [1.29, 1.82) is 0 Å². The lowest BCUT2D eigenvalue weighted by Gasteiger charge is -2.08. The van der Waals surface area contributed by atoms with Gasteiger partial charge in [0.15, 0.2) is 0 Å². The zero-order chi connectivity index (χ0) is 19.8. The zero-order valence-electron chi connectivity index (χ0n) is 13.8. The fourth-order valence-electron chi connectivity index (χ4n) is 2.44. The third kappa shape index (κ3) is 3.90. The Hall–Kier alpha value is -2.99. The highest BCUT2D eigenvalue weighted by Gasteiger charge is 2.17. The Morgan fingerprint density at radius 3 is 2.56 bits per heavy atom. The fourth-order valence-corrected chi connectivity index (χ4v) is 3.60. The Kier molecular flexibility index (Phi) is 4.85. The van der Waals surface area contributed by atoms with Crippen molar-refractivity contribution >= 4 is 27.7 Å². The highest BCUT2D eigenvalue weighted by Crippen LogP contribution is 2.30. The van der Waals surface area contributed by atoms with Crippen molar-refractivity contribution in [2.75, 3.05) is 5.73 Å². The average molecular weight is 412 g/mol. The van der Waals surface area contributed by atoms with Gasteiger partial charge in [-0.05, 0) is 31.2 Å². The highest BCUT2D eigenvalue weighted by molar-refractivity contribution is 7.81. The predicted molar refractivity (Wildman–Crippen MR) is 98.6 cm³/mol. The first kappa shape index (κ1) is 18.8. The molecule has 1 aromatic carbocycles. The molecule has 3 N–H and O–H groups in total. The second-order valence-electron chi connectivity index (χ2n) is 5.30. The van der Waals surface area contributed by atoms with E-state index in [2.05, 4.69) is 14.2 Å². The minimum atomic E-state index is -5.10. The van der Waals surface area contributed by atoms with Gasteiger partial charge < -0.3 is 9.92 Å². The summed E-state index contributed by atoms with van der Waals surface area (Å²) in [7, 11) is -5.10. The molecule has 142 valence electrons.